The van der Waals surface area contributed by atoms with Crippen LogP contribution in [0.3, 0.4) is 0 Å². The Hall–Kier alpha value is -1.26. The summed E-state index contributed by atoms with van der Waals surface area (Å²) in [4.78, 5) is 1.27. The number of hydrogen-bond donors (Lipinski definition) is 1. The number of benzene rings is 1. The molecule has 1 aromatic heterocycles. The molecule has 0 spiro atoms. The zero-order valence-corrected chi connectivity index (χ0v) is 13.7. The van der Waals surface area contributed by atoms with Gasteiger partial charge in [0, 0.05) is 29.3 Å². The molecular weight excluding hydrogens is 278 g/mol. The topological polar surface area (TPSA) is 43.8 Å². The molecule has 0 amide bonds. The second kappa shape index (κ2) is 8.25. The highest BCUT2D eigenvalue weighted by atomic mass is 32.2. The molecule has 2 rings (SSSR count). The summed E-state index contributed by atoms with van der Waals surface area (Å²) in [5.74, 6) is 0.919. The first-order valence-corrected chi connectivity index (χ1v) is 8.69. The van der Waals surface area contributed by atoms with Crippen LogP contribution in [0, 0.1) is 0 Å². The molecule has 0 aliphatic rings. The lowest BCUT2D eigenvalue weighted by Crippen LogP contribution is -2.26. The van der Waals surface area contributed by atoms with Crippen molar-refractivity contribution < 1.29 is 0 Å². The van der Waals surface area contributed by atoms with Crippen LogP contribution in [0.15, 0.2) is 47.5 Å². The zero-order valence-electron chi connectivity index (χ0n) is 12.9. The standard InChI is InChI=1S/C17H25N3S/c1-3-16(4-2)20-11-10-15(19-20)12-14(18)13-21-17-8-6-5-7-9-17/h5-11,14,16H,3-4,12-13,18H2,1-2H3. The van der Waals surface area contributed by atoms with Crippen LogP contribution in [0.25, 0.3) is 0 Å². The molecule has 2 N–H and O–H groups in total. The van der Waals surface area contributed by atoms with Crippen molar-refractivity contribution in [2.75, 3.05) is 5.75 Å². The Labute approximate surface area is 131 Å². The monoisotopic (exact) mass is 303 g/mol. The van der Waals surface area contributed by atoms with Gasteiger partial charge in [-0.2, -0.15) is 5.10 Å². The van der Waals surface area contributed by atoms with E-state index in [-0.39, 0.29) is 6.04 Å². The average Bonchev–Trinajstić information content (AvgIpc) is 2.96. The Morgan fingerprint density at radius 3 is 2.52 bits per heavy atom. The Kier molecular flexibility index (Phi) is 6.33. The van der Waals surface area contributed by atoms with Crippen LogP contribution in [0.2, 0.25) is 0 Å². The van der Waals surface area contributed by atoms with Crippen molar-refractivity contribution in [3.05, 3.63) is 48.3 Å². The molecule has 1 atom stereocenters. The van der Waals surface area contributed by atoms with Gasteiger partial charge in [0.25, 0.3) is 0 Å². The van der Waals surface area contributed by atoms with E-state index < -0.39 is 0 Å². The third-order valence-electron chi connectivity index (χ3n) is 3.66. The fourth-order valence-electron chi connectivity index (χ4n) is 2.40. The first kappa shape index (κ1) is 16.1. The van der Waals surface area contributed by atoms with Crippen molar-refractivity contribution in [2.24, 2.45) is 5.73 Å². The minimum absolute atomic E-state index is 0.139. The van der Waals surface area contributed by atoms with Crippen LogP contribution >= 0.6 is 11.8 Å². The molecule has 21 heavy (non-hydrogen) atoms. The molecule has 2 aromatic rings. The molecule has 4 heteroatoms. The predicted octanol–water partition coefficient (Wildman–Crippen LogP) is 3.91. The van der Waals surface area contributed by atoms with E-state index in [1.807, 2.05) is 17.8 Å². The third kappa shape index (κ3) is 4.90. The van der Waals surface area contributed by atoms with E-state index in [0.717, 1.165) is 30.7 Å². The second-order valence-electron chi connectivity index (χ2n) is 5.35. The van der Waals surface area contributed by atoms with Crippen molar-refractivity contribution in [3.8, 4) is 0 Å². The van der Waals surface area contributed by atoms with Crippen LogP contribution in [0.5, 0.6) is 0 Å². The first-order valence-electron chi connectivity index (χ1n) is 7.70. The SMILES string of the molecule is CCC(CC)n1ccc(CC(N)CSc2ccccc2)n1. The molecule has 3 nitrogen and oxygen atoms in total. The lowest BCUT2D eigenvalue weighted by molar-refractivity contribution is 0.424. The average molecular weight is 303 g/mol. The number of nitrogens with two attached hydrogens (primary N) is 1. The fraction of sp³-hybridized carbons (Fsp3) is 0.471. The smallest absolute Gasteiger partial charge is 0.0640 e. The van der Waals surface area contributed by atoms with Gasteiger partial charge in [0.05, 0.1) is 11.7 Å². The van der Waals surface area contributed by atoms with Gasteiger partial charge in [-0.1, -0.05) is 32.0 Å². The van der Waals surface area contributed by atoms with Crippen molar-refractivity contribution in [2.45, 2.75) is 50.1 Å². The molecule has 0 radical (unpaired) electrons. The number of hydrogen-bond acceptors (Lipinski definition) is 3. The van der Waals surface area contributed by atoms with Crippen LogP contribution in [-0.4, -0.2) is 21.6 Å². The highest BCUT2D eigenvalue weighted by Gasteiger charge is 2.11. The van der Waals surface area contributed by atoms with Gasteiger partial charge in [-0.25, -0.2) is 0 Å². The Morgan fingerprint density at radius 2 is 1.86 bits per heavy atom. The van der Waals surface area contributed by atoms with Gasteiger partial charge in [-0.3, -0.25) is 4.68 Å². The highest BCUT2D eigenvalue weighted by molar-refractivity contribution is 7.99. The highest BCUT2D eigenvalue weighted by Crippen LogP contribution is 2.19. The van der Waals surface area contributed by atoms with Gasteiger partial charge < -0.3 is 5.73 Å². The van der Waals surface area contributed by atoms with Crippen molar-refractivity contribution >= 4 is 11.8 Å². The molecule has 0 fully saturated rings. The second-order valence-corrected chi connectivity index (χ2v) is 6.44. The predicted molar refractivity (Wildman–Crippen MR) is 90.7 cm³/mol. The molecule has 1 unspecified atom stereocenters. The van der Waals surface area contributed by atoms with Gasteiger partial charge in [0.15, 0.2) is 0 Å². The van der Waals surface area contributed by atoms with Crippen LogP contribution in [0.4, 0.5) is 0 Å². The normalized spacial score (nSPS) is 12.8. The third-order valence-corrected chi connectivity index (χ3v) is 4.86. The van der Waals surface area contributed by atoms with E-state index in [1.165, 1.54) is 4.90 Å². The summed E-state index contributed by atoms with van der Waals surface area (Å²) in [7, 11) is 0. The maximum Gasteiger partial charge on any atom is 0.0640 e. The van der Waals surface area contributed by atoms with Crippen molar-refractivity contribution in [1.82, 2.24) is 9.78 Å². The summed E-state index contributed by atoms with van der Waals surface area (Å²) in [5.41, 5.74) is 7.33. The lowest BCUT2D eigenvalue weighted by Gasteiger charge is -2.13. The zero-order chi connectivity index (χ0) is 15.1. The minimum Gasteiger partial charge on any atom is -0.327 e. The van der Waals surface area contributed by atoms with E-state index in [1.54, 1.807) is 0 Å². The summed E-state index contributed by atoms with van der Waals surface area (Å²) in [6.45, 7) is 4.41. The Morgan fingerprint density at radius 1 is 1.14 bits per heavy atom. The molecular formula is C17H25N3S. The summed E-state index contributed by atoms with van der Waals surface area (Å²) >= 11 is 1.81. The molecule has 0 bridgehead atoms. The van der Waals surface area contributed by atoms with Crippen LogP contribution < -0.4 is 5.73 Å². The molecule has 0 saturated carbocycles. The summed E-state index contributed by atoms with van der Waals surface area (Å²) in [6.07, 6.45) is 5.16. The van der Waals surface area contributed by atoms with Gasteiger partial charge in [-0.15, -0.1) is 11.8 Å². The summed E-state index contributed by atoms with van der Waals surface area (Å²) in [5, 5.41) is 4.67. The van der Waals surface area contributed by atoms with E-state index in [4.69, 9.17) is 5.73 Å². The molecule has 1 heterocycles. The molecule has 1 aromatic carbocycles. The number of rotatable bonds is 8. The van der Waals surface area contributed by atoms with Gasteiger partial charge >= 0.3 is 0 Å². The largest absolute Gasteiger partial charge is 0.327 e. The minimum atomic E-state index is 0.139. The van der Waals surface area contributed by atoms with Crippen molar-refractivity contribution in [3.63, 3.8) is 0 Å². The van der Waals surface area contributed by atoms with E-state index in [9.17, 15) is 0 Å². The number of aromatic nitrogens is 2. The number of nitrogens with zero attached hydrogens (tertiary/aromatic N) is 2. The molecule has 0 aliphatic heterocycles. The molecule has 0 aliphatic carbocycles. The molecule has 114 valence electrons. The summed E-state index contributed by atoms with van der Waals surface area (Å²) in [6, 6.07) is 13.2. The van der Waals surface area contributed by atoms with E-state index in [0.29, 0.717) is 6.04 Å². The Balaban J connectivity index is 1.84. The van der Waals surface area contributed by atoms with E-state index >= 15 is 0 Å². The van der Waals surface area contributed by atoms with E-state index in [2.05, 4.69) is 60.2 Å². The van der Waals surface area contributed by atoms with Crippen LogP contribution in [0.1, 0.15) is 38.4 Å². The maximum atomic E-state index is 6.23. The summed E-state index contributed by atoms with van der Waals surface area (Å²) < 4.78 is 2.09. The van der Waals surface area contributed by atoms with Crippen molar-refractivity contribution in [1.29, 1.82) is 0 Å². The fourth-order valence-corrected chi connectivity index (χ4v) is 3.27. The van der Waals surface area contributed by atoms with Gasteiger partial charge in [0.2, 0.25) is 0 Å². The quantitative estimate of drug-likeness (QED) is 0.752. The van der Waals surface area contributed by atoms with Gasteiger partial charge in [-0.05, 0) is 31.0 Å². The first-order chi connectivity index (χ1) is 10.2. The van der Waals surface area contributed by atoms with Crippen LogP contribution in [-0.2, 0) is 6.42 Å². The lowest BCUT2D eigenvalue weighted by atomic mass is 10.2. The van der Waals surface area contributed by atoms with Gasteiger partial charge in [0.1, 0.15) is 0 Å². The molecule has 0 saturated heterocycles. The maximum absolute atomic E-state index is 6.23. The Bertz CT molecular complexity index is 520. The number of thioether (sulfide) groups is 1.